The van der Waals surface area contributed by atoms with E-state index >= 15 is 0 Å². The van der Waals surface area contributed by atoms with Crippen LogP contribution in [0.1, 0.15) is 6.42 Å². The molecule has 1 rings (SSSR count). The molecule has 0 aromatic carbocycles. The fraction of sp³-hybridized carbons (Fsp3) is 0.500. The van der Waals surface area contributed by atoms with Gasteiger partial charge in [0.15, 0.2) is 0 Å². The van der Waals surface area contributed by atoms with Crippen molar-refractivity contribution in [2.24, 2.45) is 0 Å². The second kappa shape index (κ2) is 4.49. The molecule has 0 bridgehead atoms. The Bertz CT molecular complexity index is 171. The molecule has 0 atom stereocenters. The first kappa shape index (κ1) is 8.71. The Morgan fingerprint density at radius 3 is 2.64 bits per heavy atom. The van der Waals surface area contributed by atoms with Crippen molar-refractivity contribution in [3.05, 3.63) is 23.8 Å². The van der Waals surface area contributed by atoms with Crippen molar-refractivity contribution in [2.75, 3.05) is 14.2 Å². The Morgan fingerprint density at radius 1 is 1.45 bits per heavy atom. The van der Waals surface area contributed by atoms with Gasteiger partial charge < -0.3 is 8.85 Å². The van der Waals surface area contributed by atoms with Crippen LogP contribution in [0.15, 0.2) is 23.8 Å². The van der Waals surface area contributed by atoms with Crippen molar-refractivity contribution in [3.63, 3.8) is 0 Å². The standard InChI is InChI=1S/C8H14O2Si/c1-9-11(10-2)7-8-5-3-4-6-8/h3-5,11H,6-7H2,1-2H3. The number of allylic oxidation sites excluding steroid dienone is 4. The lowest BCUT2D eigenvalue weighted by molar-refractivity contribution is 0.280. The van der Waals surface area contributed by atoms with Gasteiger partial charge in [-0.15, -0.1) is 0 Å². The van der Waals surface area contributed by atoms with Crippen LogP contribution in [0.3, 0.4) is 0 Å². The second-order valence-corrected chi connectivity index (χ2v) is 4.77. The zero-order valence-electron chi connectivity index (χ0n) is 7.04. The molecule has 62 valence electrons. The minimum absolute atomic E-state index is 1.01. The summed E-state index contributed by atoms with van der Waals surface area (Å²) >= 11 is 0. The Morgan fingerprint density at radius 2 is 2.18 bits per heavy atom. The SMILES string of the molecule is CO[SiH](CC1=CC=CC1)OC. The largest absolute Gasteiger partial charge is 0.400 e. The predicted molar refractivity (Wildman–Crippen MR) is 47.8 cm³/mol. The van der Waals surface area contributed by atoms with Crippen LogP contribution >= 0.6 is 0 Å². The molecule has 0 fully saturated rings. The van der Waals surface area contributed by atoms with Gasteiger partial charge in [0.2, 0.25) is 0 Å². The molecule has 0 saturated heterocycles. The van der Waals surface area contributed by atoms with E-state index in [2.05, 4.69) is 18.2 Å². The van der Waals surface area contributed by atoms with Gasteiger partial charge in [0, 0.05) is 20.3 Å². The first-order valence-corrected chi connectivity index (χ1v) is 5.53. The van der Waals surface area contributed by atoms with Gasteiger partial charge in [-0.3, -0.25) is 0 Å². The van der Waals surface area contributed by atoms with Gasteiger partial charge >= 0.3 is 9.28 Å². The summed E-state index contributed by atoms with van der Waals surface area (Å²) in [7, 11) is 2.10. The summed E-state index contributed by atoms with van der Waals surface area (Å²) in [5, 5.41) is 0. The number of hydrogen-bond donors (Lipinski definition) is 0. The van der Waals surface area contributed by atoms with E-state index in [1.54, 1.807) is 14.2 Å². The Hall–Kier alpha value is -0.383. The van der Waals surface area contributed by atoms with E-state index in [0.29, 0.717) is 0 Å². The third-order valence-corrected chi connectivity index (χ3v) is 3.71. The predicted octanol–water partition coefficient (Wildman–Crippen LogP) is 1.39. The molecule has 1 aliphatic rings. The highest BCUT2D eigenvalue weighted by Gasteiger charge is 2.12. The van der Waals surface area contributed by atoms with Crippen LogP contribution in [-0.4, -0.2) is 23.5 Å². The number of rotatable bonds is 4. The van der Waals surface area contributed by atoms with Crippen LogP contribution in [0.4, 0.5) is 0 Å². The highest BCUT2D eigenvalue weighted by atomic mass is 28.3. The zero-order chi connectivity index (χ0) is 8.10. The molecule has 0 N–H and O–H groups in total. The van der Waals surface area contributed by atoms with Gasteiger partial charge in [-0.1, -0.05) is 23.8 Å². The van der Waals surface area contributed by atoms with Gasteiger partial charge in [-0.2, -0.15) is 0 Å². The summed E-state index contributed by atoms with van der Waals surface area (Å²) in [5.41, 5.74) is 1.44. The lowest BCUT2D eigenvalue weighted by atomic mass is 10.3. The molecule has 0 aliphatic heterocycles. The van der Waals surface area contributed by atoms with Crippen LogP contribution in [0.25, 0.3) is 0 Å². The van der Waals surface area contributed by atoms with Crippen LogP contribution in [0.5, 0.6) is 0 Å². The van der Waals surface area contributed by atoms with Gasteiger partial charge in [0.25, 0.3) is 0 Å². The molecule has 0 amide bonds. The van der Waals surface area contributed by atoms with E-state index in [4.69, 9.17) is 8.85 Å². The molecular formula is C8H14O2Si. The second-order valence-electron chi connectivity index (χ2n) is 2.56. The van der Waals surface area contributed by atoms with Gasteiger partial charge in [0.1, 0.15) is 0 Å². The fourth-order valence-electron chi connectivity index (χ4n) is 1.12. The molecule has 11 heavy (non-hydrogen) atoms. The molecular weight excluding hydrogens is 156 g/mol. The molecule has 0 radical (unpaired) electrons. The molecule has 0 unspecified atom stereocenters. The summed E-state index contributed by atoms with van der Waals surface area (Å²) in [6.07, 6.45) is 7.48. The minimum atomic E-state index is -1.35. The molecule has 0 saturated carbocycles. The molecule has 0 heterocycles. The monoisotopic (exact) mass is 170 g/mol. The molecule has 1 aliphatic carbocycles. The average Bonchev–Trinajstić information content (AvgIpc) is 2.52. The van der Waals surface area contributed by atoms with Crippen LogP contribution in [0.2, 0.25) is 6.04 Å². The van der Waals surface area contributed by atoms with Crippen molar-refractivity contribution in [1.82, 2.24) is 0 Å². The van der Waals surface area contributed by atoms with Crippen LogP contribution < -0.4 is 0 Å². The van der Waals surface area contributed by atoms with Crippen molar-refractivity contribution in [2.45, 2.75) is 12.5 Å². The Kier molecular flexibility index (Phi) is 3.55. The number of hydrogen-bond acceptors (Lipinski definition) is 2. The highest BCUT2D eigenvalue weighted by Crippen LogP contribution is 2.16. The summed E-state index contributed by atoms with van der Waals surface area (Å²) in [6, 6.07) is 1.01. The van der Waals surface area contributed by atoms with E-state index in [9.17, 15) is 0 Å². The maximum atomic E-state index is 5.21. The average molecular weight is 170 g/mol. The van der Waals surface area contributed by atoms with E-state index in [0.717, 1.165) is 12.5 Å². The van der Waals surface area contributed by atoms with E-state index in [-0.39, 0.29) is 0 Å². The van der Waals surface area contributed by atoms with Crippen molar-refractivity contribution in [1.29, 1.82) is 0 Å². The maximum absolute atomic E-state index is 5.21. The minimum Gasteiger partial charge on any atom is -0.400 e. The smallest absolute Gasteiger partial charge is 0.325 e. The first-order chi connectivity index (χ1) is 5.36. The molecule has 3 heteroatoms. The highest BCUT2D eigenvalue weighted by molar-refractivity contribution is 6.45. The zero-order valence-corrected chi connectivity index (χ0v) is 8.19. The molecule has 0 spiro atoms. The van der Waals surface area contributed by atoms with E-state index in [1.807, 2.05) is 0 Å². The lowest BCUT2D eigenvalue weighted by Gasteiger charge is -2.10. The summed E-state index contributed by atoms with van der Waals surface area (Å²) in [5.74, 6) is 0. The van der Waals surface area contributed by atoms with Gasteiger partial charge in [0.05, 0.1) is 0 Å². The first-order valence-electron chi connectivity index (χ1n) is 3.77. The summed E-state index contributed by atoms with van der Waals surface area (Å²) in [6.45, 7) is 0. The van der Waals surface area contributed by atoms with Crippen LogP contribution in [0, 0.1) is 0 Å². The van der Waals surface area contributed by atoms with Crippen molar-refractivity contribution in [3.8, 4) is 0 Å². The Balaban J connectivity index is 2.29. The van der Waals surface area contributed by atoms with Gasteiger partial charge in [-0.05, 0) is 6.42 Å². The summed E-state index contributed by atoms with van der Waals surface area (Å²) in [4.78, 5) is 0. The fourth-order valence-corrected chi connectivity index (χ4v) is 2.38. The van der Waals surface area contributed by atoms with Gasteiger partial charge in [-0.25, -0.2) is 0 Å². The van der Waals surface area contributed by atoms with Crippen molar-refractivity contribution >= 4 is 9.28 Å². The quantitative estimate of drug-likeness (QED) is 0.594. The molecule has 0 aromatic heterocycles. The lowest BCUT2D eigenvalue weighted by Crippen LogP contribution is -2.18. The maximum Gasteiger partial charge on any atom is 0.325 e. The molecule has 2 nitrogen and oxygen atoms in total. The molecule has 0 aromatic rings. The third kappa shape index (κ3) is 2.61. The normalized spacial score (nSPS) is 16.1. The topological polar surface area (TPSA) is 18.5 Å². The van der Waals surface area contributed by atoms with E-state index < -0.39 is 9.28 Å². The summed E-state index contributed by atoms with van der Waals surface area (Å²) < 4.78 is 10.4. The third-order valence-electron chi connectivity index (χ3n) is 1.80. The van der Waals surface area contributed by atoms with E-state index in [1.165, 1.54) is 5.57 Å². The Labute approximate surface area is 69.4 Å². The van der Waals surface area contributed by atoms with Crippen molar-refractivity contribution < 1.29 is 8.85 Å². The van der Waals surface area contributed by atoms with Crippen LogP contribution in [-0.2, 0) is 8.85 Å².